The maximum atomic E-state index is 12.4. The molecule has 0 spiro atoms. The van der Waals surface area contributed by atoms with Crippen LogP contribution in [0, 0.1) is 11.8 Å². The molecule has 0 fully saturated rings. The van der Waals surface area contributed by atoms with Gasteiger partial charge in [-0.3, -0.25) is 9.48 Å². The number of nitrogens with zero attached hydrogens (tertiary/aromatic N) is 3. The molecule has 2 N–H and O–H groups in total. The zero-order chi connectivity index (χ0) is 15.1. The summed E-state index contributed by atoms with van der Waals surface area (Å²) in [5, 5.41) is 4.07. The molecule has 0 saturated carbocycles. The van der Waals surface area contributed by atoms with E-state index in [1.165, 1.54) is 0 Å². The third-order valence-corrected chi connectivity index (χ3v) is 3.26. The predicted octanol–water partition coefficient (Wildman–Crippen LogP) is 2.39. The highest BCUT2D eigenvalue weighted by Crippen LogP contribution is 2.08. The molecule has 0 unspecified atom stereocenters. The van der Waals surface area contributed by atoms with Crippen LogP contribution in [0.25, 0.3) is 0 Å². The summed E-state index contributed by atoms with van der Waals surface area (Å²) in [5.74, 6) is 1.32. The van der Waals surface area contributed by atoms with Crippen molar-refractivity contribution in [3.05, 3.63) is 12.4 Å². The van der Waals surface area contributed by atoms with Crippen LogP contribution in [0.3, 0.4) is 0 Å². The highest BCUT2D eigenvalue weighted by Gasteiger charge is 2.15. The van der Waals surface area contributed by atoms with Crippen molar-refractivity contribution >= 4 is 11.6 Å². The van der Waals surface area contributed by atoms with Gasteiger partial charge in [0.2, 0.25) is 5.91 Å². The molecule has 0 aliphatic carbocycles. The molecule has 0 bridgehead atoms. The highest BCUT2D eigenvalue weighted by molar-refractivity contribution is 5.76. The molecule has 0 aliphatic heterocycles. The number of aromatic nitrogens is 2. The monoisotopic (exact) mass is 280 g/mol. The smallest absolute Gasteiger partial charge is 0.244 e. The molecule has 0 radical (unpaired) electrons. The third-order valence-electron chi connectivity index (χ3n) is 3.26. The molecule has 0 aromatic carbocycles. The molecule has 1 rings (SSSR count). The Bertz CT molecular complexity index is 400. The number of hydrogen-bond donors (Lipinski definition) is 1. The van der Waals surface area contributed by atoms with E-state index in [2.05, 4.69) is 32.8 Å². The minimum atomic E-state index is 0.120. The molecular weight excluding hydrogens is 252 g/mol. The van der Waals surface area contributed by atoms with E-state index in [0.29, 0.717) is 17.5 Å². The first kappa shape index (κ1) is 16.5. The largest absolute Gasteiger partial charge is 0.396 e. The molecule has 20 heavy (non-hydrogen) atoms. The molecule has 1 aromatic heterocycles. The molecule has 1 amide bonds. The first-order chi connectivity index (χ1) is 9.38. The maximum absolute atomic E-state index is 12.4. The Hall–Kier alpha value is -1.52. The highest BCUT2D eigenvalue weighted by atomic mass is 16.2. The number of carbonyl (C=O) groups is 1. The van der Waals surface area contributed by atoms with Crippen LogP contribution in [0.1, 0.15) is 40.5 Å². The topological polar surface area (TPSA) is 64.2 Å². The first-order valence-electron chi connectivity index (χ1n) is 7.44. The van der Waals surface area contributed by atoms with Gasteiger partial charge in [0, 0.05) is 19.3 Å². The van der Waals surface area contributed by atoms with Gasteiger partial charge in [0.25, 0.3) is 0 Å². The van der Waals surface area contributed by atoms with E-state index < -0.39 is 0 Å². The number of rotatable bonds is 8. The lowest BCUT2D eigenvalue weighted by atomic mass is 10.1. The second kappa shape index (κ2) is 7.92. The quantitative estimate of drug-likeness (QED) is 0.795. The molecule has 114 valence electrons. The summed E-state index contributed by atoms with van der Waals surface area (Å²) in [6.07, 6.45) is 5.33. The van der Waals surface area contributed by atoms with Gasteiger partial charge < -0.3 is 10.6 Å². The second-order valence-corrected chi connectivity index (χ2v) is 6.22. The molecule has 5 heteroatoms. The minimum absolute atomic E-state index is 0.120. The number of nitrogens with two attached hydrogens (primary N) is 1. The predicted molar refractivity (Wildman–Crippen MR) is 82.1 cm³/mol. The van der Waals surface area contributed by atoms with Crippen LogP contribution in [0.2, 0.25) is 0 Å². The fourth-order valence-corrected chi connectivity index (χ4v) is 1.89. The Morgan fingerprint density at radius 3 is 2.20 bits per heavy atom. The van der Waals surface area contributed by atoms with Crippen LogP contribution in [0.5, 0.6) is 0 Å². The summed E-state index contributed by atoms with van der Waals surface area (Å²) in [6.45, 7) is 10.6. The van der Waals surface area contributed by atoms with Crippen molar-refractivity contribution in [2.45, 2.75) is 47.1 Å². The van der Waals surface area contributed by atoms with Crippen LogP contribution in [-0.2, 0) is 11.3 Å². The Morgan fingerprint density at radius 1 is 1.25 bits per heavy atom. The minimum Gasteiger partial charge on any atom is -0.396 e. The van der Waals surface area contributed by atoms with E-state index in [0.717, 1.165) is 25.9 Å². The number of nitrogen functional groups attached to an aromatic ring is 1. The Kier molecular flexibility index (Phi) is 6.55. The molecule has 0 saturated heterocycles. The van der Waals surface area contributed by atoms with Crippen molar-refractivity contribution in [2.24, 2.45) is 11.8 Å². The van der Waals surface area contributed by atoms with Gasteiger partial charge in [0.15, 0.2) is 0 Å². The fourth-order valence-electron chi connectivity index (χ4n) is 1.89. The lowest BCUT2D eigenvalue weighted by molar-refractivity contribution is -0.132. The summed E-state index contributed by atoms with van der Waals surface area (Å²) >= 11 is 0. The molecular formula is C15H28N4O. The number of anilines is 1. The summed E-state index contributed by atoms with van der Waals surface area (Å²) in [4.78, 5) is 14.3. The second-order valence-electron chi connectivity index (χ2n) is 6.22. The standard InChI is InChI=1S/C15H28N4O/c1-12(2)5-7-18(8-6-13(3)4)15(20)11-19-10-14(16)9-17-19/h9-10,12-13H,5-8,11,16H2,1-4H3. The van der Waals surface area contributed by atoms with Gasteiger partial charge in [-0.1, -0.05) is 27.7 Å². The fraction of sp³-hybridized carbons (Fsp3) is 0.733. The van der Waals surface area contributed by atoms with Gasteiger partial charge in [-0.2, -0.15) is 5.10 Å². The van der Waals surface area contributed by atoms with E-state index >= 15 is 0 Å². The average molecular weight is 280 g/mol. The zero-order valence-corrected chi connectivity index (χ0v) is 13.2. The average Bonchev–Trinajstić information content (AvgIpc) is 2.73. The first-order valence-corrected chi connectivity index (χ1v) is 7.44. The van der Waals surface area contributed by atoms with Crippen LogP contribution in [0.4, 0.5) is 5.69 Å². The van der Waals surface area contributed by atoms with Gasteiger partial charge in [0.05, 0.1) is 11.9 Å². The van der Waals surface area contributed by atoms with Crippen LogP contribution in [-0.4, -0.2) is 33.7 Å². The summed E-state index contributed by atoms with van der Waals surface area (Å²) < 4.78 is 1.61. The Balaban J connectivity index is 2.57. The van der Waals surface area contributed by atoms with Gasteiger partial charge in [-0.05, 0) is 24.7 Å². The lowest BCUT2D eigenvalue weighted by Gasteiger charge is -2.24. The van der Waals surface area contributed by atoms with Crippen molar-refractivity contribution in [1.29, 1.82) is 0 Å². The third kappa shape index (κ3) is 6.08. The SMILES string of the molecule is CC(C)CCN(CCC(C)C)C(=O)Cn1cc(N)cn1. The molecule has 0 atom stereocenters. The van der Waals surface area contributed by atoms with Crippen molar-refractivity contribution in [1.82, 2.24) is 14.7 Å². The maximum Gasteiger partial charge on any atom is 0.244 e. The van der Waals surface area contributed by atoms with E-state index in [1.807, 2.05) is 4.90 Å². The summed E-state index contributed by atoms with van der Waals surface area (Å²) in [5.41, 5.74) is 6.21. The van der Waals surface area contributed by atoms with Gasteiger partial charge in [0.1, 0.15) is 6.54 Å². The lowest BCUT2D eigenvalue weighted by Crippen LogP contribution is -2.36. The van der Waals surface area contributed by atoms with Crippen molar-refractivity contribution < 1.29 is 4.79 Å². The van der Waals surface area contributed by atoms with E-state index in [1.54, 1.807) is 17.1 Å². The van der Waals surface area contributed by atoms with Crippen molar-refractivity contribution in [3.8, 4) is 0 Å². The van der Waals surface area contributed by atoms with E-state index in [4.69, 9.17) is 5.73 Å². The van der Waals surface area contributed by atoms with Crippen LogP contribution < -0.4 is 5.73 Å². The van der Waals surface area contributed by atoms with Gasteiger partial charge in [-0.15, -0.1) is 0 Å². The van der Waals surface area contributed by atoms with Gasteiger partial charge in [-0.25, -0.2) is 0 Å². The van der Waals surface area contributed by atoms with Crippen molar-refractivity contribution in [2.75, 3.05) is 18.8 Å². The van der Waals surface area contributed by atoms with Crippen LogP contribution >= 0.6 is 0 Å². The Labute approximate surface area is 122 Å². The van der Waals surface area contributed by atoms with Crippen molar-refractivity contribution in [3.63, 3.8) is 0 Å². The summed E-state index contributed by atoms with van der Waals surface area (Å²) in [6, 6.07) is 0. The number of hydrogen-bond acceptors (Lipinski definition) is 3. The van der Waals surface area contributed by atoms with Crippen LogP contribution in [0.15, 0.2) is 12.4 Å². The number of amides is 1. The zero-order valence-electron chi connectivity index (χ0n) is 13.2. The van der Waals surface area contributed by atoms with E-state index in [9.17, 15) is 4.79 Å². The van der Waals surface area contributed by atoms with E-state index in [-0.39, 0.29) is 12.5 Å². The number of carbonyl (C=O) groups excluding carboxylic acids is 1. The summed E-state index contributed by atoms with van der Waals surface area (Å²) in [7, 11) is 0. The molecule has 5 nitrogen and oxygen atoms in total. The molecule has 0 aliphatic rings. The normalized spacial score (nSPS) is 11.3. The molecule has 1 heterocycles. The molecule has 1 aromatic rings. The Morgan fingerprint density at radius 2 is 1.80 bits per heavy atom. The van der Waals surface area contributed by atoms with Gasteiger partial charge >= 0.3 is 0 Å².